The van der Waals surface area contributed by atoms with Gasteiger partial charge in [0.15, 0.2) is 0 Å². The van der Waals surface area contributed by atoms with Crippen molar-refractivity contribution in [2.75, 3.05) is 7.11 Å². The zero-order valence-corrected chi connectivity index (χ0v) is 12.1. The number of nitro groups is 1. The smallest absolute Gasteiger partial charge is 0.270 e. The van der Waals surface area contributed by atoms with E-state index in [1.165, 1.54) is 31.0 Å². The second-order valence-corrected chi connectivity index (χ2v) is 5.29. The van der Waals surface area contributed by atoms with Crippen molar-refractivity contribution in [3.8, 4) is 5.75 Å². The van der Waals surface area contributed by atoms with E-state index in [1.807, 2.05) is 0 Å². The van der Waals surface area contributed by atoms with Crippen molar-refractivity contribution in [3.05, 3.63) is 57.2 Å². The average Bonchev–Trinajstić information content (AvgIpc) is 2.46. The molecule has 0 aliphatic carbocycles. The Bertz CT molecular complexity index is 620. The van der Waals surface area contributed by atoms with Crippen molar-refractivity contribution in [2.45, 2.75) is 10.8 Å². The molecule has 0 saturated heterocycles. The van der Waals surface area contributed by atoms with Crippen molar-refractivity contribution in [2.24, 2.45) is 0 Å². The van der Waals surface area contributed by atoms with Crippen LogP contribution in [0.15, 0.2) is 41.6 Å². The summed E-state index contributed by atoms with van der Waals surface area (Å²) in [7, 11) is 1.54. The van der Waals surface area contributed by atoms with Crippen LogP contribution in [0.1, 0.15) is 5.56 Å². The molecule has 1 aromatic carbocycles. The van der Waals surface area contributed by atoms with E-state index in [4.69, 9.17) is 16.3 Å². The third-order valence-corrected chi connectivity index (χ3v) is 3.77. The molecule has 1 aromatic heterocycles. The molecule has 5 nitrogen and oxygen atoms in total. The summed E-state index contributed by atoms with van der Waals surface area (Å²) in [6.45, 7) is 0. The lowest BCUT2D eigenvalue weighted by Crippen LogP contribution is -1.94. The number of benzene rings is 1. The molecule has 0 bridgehead atoms. The van der Waals surface area contributed by atoms with Gasteiger partial charge in [0, 0.05) is 29.6 Å². The fraction of sp³-hybridized carbons (Fsp3) is 0.154. The van der Waals surface area contributed by atoms with Crippen LogP contribution >= 0.6 is 23.4 Å². The summed E-state index contributed by atoms with van der Waals surface area (Å²) in [6.07, 6.45) is 1.56. The fourth-order valence-corrected chi connectivity index (χ4v) is 2.52. The molecule has 0 N–H and O–H groups in total. The minimum absolute atomic E-state index is 0.0467. The highest BCUT2D eigenvalue weighted by atomic mass is 35.5. The molecular formula is C13H11ClN2O3S. The first-order valence-corrected chi connectivity index (χ1v) is 7.02. The average molecular weight is 311 g/mol. The van der Waals surface area contributed by atoms with E-state index in [2.05, 4.69) is 4.98 Å². The molecule has 2 aromatic rings. The predicted molar refractivity (Wildman–Crippen MR) is 78.5 cm³/mol. The Morgan fingerprint density at radius 1 is 1.40 bits per heavy atom. The van der Waals surface area contributed by atoms with Gasteiger partial charge in [0.25, 0.3) is 5.69 Å². The minimum atomic E-state index is -0.422. The topological polar surface area (TPSA) is 65.3 Å². The van der Waals surface area contributed by atoms with Gasteiger partial charge in [-0.15, -0.1) is 11.8 Å². The highest BCUT2D eigenvalue weighted by Gasteiger charge is 2.11. The number of hydrogen-bond donors (Lipinski definition) is 0. The van der Waals surface area contributed by atoms with Crippen molar-refractivity contribution in [3.63, 3.8) is 0 Å². The quantitative estimate of drug-likeness (QED) is 0.475. The first-order chi connectivity index (χ1) is 9.60. The molecule has 0 saturated carbocycles. The van der Waals surface area contributed by atoms with E-state index < -0.39 is 4.92 Å². The van der Waals surface area contributed by atoms with Gasteiger partial charge in [-0.05, 0) is 18.2 Å². The number of aromatic nitrogens is 1. The van der Waals surface area contributed by atoms with Crippen LogP contribution in [0, 0.1) is 10.1 Å². The molecule has 2 rings (SSSR count). The lowest BCUT2D eigenvalue weighted by atomic mass is 10.2. The molecule has 20 heavy (non-hydrogen) atoms. The summed E-state index contributed by atoms with van der Waals surface area (Å²) in [6, 6.07) is 8.09. The molecule has 0 fully saturated rings. The molecule has 0 radical (unpaired) electrons. The number of pyridine rings is 1. The summed E-state index contributed by atoms with van der Waals surface area (Å²) >= 11 is 7.23. The van der Waals surface area contributed by atoms with Crippen LogP contribution in [0.3, 0.4) is 0 Å². The van der Waals surface area contributed by atoms with Gasteiger partial charge in [-0.1, -0.05) is 11.6 Å². The molecule has 104 valence electrons. The summed E-state index contributed by atoms with van der Waals surface area (Å²) in [5, 5.41) is 12.2. The van der Waals surface area contributed by atoms with Gasteiger partial charge in [-0.25, -0.2) is 4.98 Å². The lowest BCUT2D eigenvalue weighted by Gasteiger charge is -2.07. The van der Waals surface area contributed by atoms with Crippen molar-refractivity contribution < 1.29 is 9.66 Å². The Balaban J connectivity index is 2.16. The van der Waals surface area contributed by atoms with Crippen LogP contribution in [0.25, 0.3) is 0 Å². The first kappa shape index (κ1) is 14.6. The van der Waals surface area contributed by atoms with Crippen LogP contribution in [0.2, 0.25) is 5.02 Å². The third-order valence-electron chi connectivity index (χ3n) is 2.55. The maximum Gasteiger partial charge on any atom is 0.270 e. The molecule has 0 aliphatic rings. The predicted octanol–water partition coefficient (Wildman–Crippen LogP) is 3.94. The van der Waals surface area contributed by atoms with Crippen molar-refractivity contribution >= 4 is 29.1 Å². The Labute approximate surface area is 125 Å². The van der Waals surface area contributed by atoms with Gasteiger partial charge in [-0.2, -0.15) is 0 Å². The summed E-state index contributed by atoms with van der Waals surface area (Å²) in [4.78, 5) is 14.5. The van der Waals surface area contributed by atoms with E-state index in [0.717, 1.165) is 10.6 Å². The van der Waals surface area contributed by atoms with E-state index in [-0.39, 0.29) is 5.69 Å². The normalized spacial score (nSPS) is 10.3. The first-order valence-electron chi connectivity index (χ1n) is 5.66. The molecular weight excluding hydrogens is 300 g/mol. The van der Waals surface area contributed by atoms with Gasteiger partial charge in [0.05, 0.1) is 22.1 Å². The largest absolute Gasteiger partial charge is 0.496 e. The maximum absolute atomic E-state index is 10.8. The second kappa shape index (κ2) is 6.58. The number of rotatable bonds is 5. The standard InChI is InChI=1S/C13H11ClN2O3S/c1-19-12-4-3-11(16(17)18)6-9(12)8-20-13-5-2-10(14)7-15-13/h2-7H,8H2,1H3. The number of hydrogen-bond acceptors (Lipinski definition) is 5. The number of thioether (sulfide) groups is 1. The van der Waals surface area contributed by atoms with Gasteiger partial charge < -0.3 is 4.74 Å². The van der Waals surface area contributed by atoms with Crippen LogP contribution in [0.4, 0.5) is 5.69 Å². The zero-order chi connectivity index (χ0) is 14.5. The Morgan fingerprint density at radius 2 is 2.20 bits per heavy atom. The van der Waals surface area contributed by atoms with Crippen molar-refractivity contribution in [1.82, 2.24) is 4.98 Å². The van der Waals surface area contributed by atoms with E-state index in [9.17, 15) is 10.1 Å². The van der Waals surface area contributed by atoms with E-state index in [1.54, 1.807) is 24.4 Å². The molecule has 0 aliphatic heterocycles. The molecule has 0 amide bonds. The lowest BCUT2D eigenvalue weighted by molar-refractivity contribution is -0.384. The zero-order valence-electron chi connectivity index (χ0n) is 10.6. The molecule has 0 atom stereocenters. The summed E-state index contributed by atoms with van der Waals surface area (Å²) in [5.41, 5.74) is 0.800. The number of non-ortho nitro benzene ring substituents is 1. The van der Waals surface area contributed by atoms with Gasteiger partial charge in [0.2, 0.25) is 0 Å². The maximum atomic E-state index is 10.8. The molecule has 0 unspecified atom stereocenters. The third kappa shape index (κ3) is 3.61. The SMILES string of the molecule is COc1ccc([N+](=O)[O-])cc1CSc1ccc(Cl)cn1. The monoisotopic (exact) mass is 310 g/mol. The van der Waals surface area contributed by atoms with Crippen LogP contribution in [-0.4, -0.2) is 17.0 Å². The number of nitro benzene ring substituents is 1. The Kier molecular flexibility index (Phi) is 4.81. The summed E-state index contributed by atoms with van der Waals surface area (Å²) in [5.74, 6) is 1.15. The highest BCUT2D eigenvalue weighted by molar-refractivity contribution is 7.98. The number of halogens is 1. The van der Waals surface area contributed by atoms with Gasteiger partial charge in [-0.3, -0.25) is 10.1 Å². The molecule has 1 heterocycles. The van der Waals surface area contributed by atoms with Gasteiger partial charge >= 0.3 is 0 Å². The number of ether oxygens (including phenoxy) is 1. The van der Waals surface area contributed by atoms with Crippen LogP contribution in [0.5, 0.6) is 5.75 Å². The second-order valence-electron chi connectivity index (χ2n) is 3.86. The van der Waals surface area contributed by atoms with Crippen molar-refractivity contribution in [1.29, 1.82) is 0 Å². The van der Waals surface area contributed by atoms with Crippen LogP contribution < -0.4 is 4.74 Å². The van der Waals surface area contributed by atoms with Gasteiger partial charge in [0.1, 0.15) is 5.75 Å². The summed E-state index contributed by atoms with van der Waals surface area (Å²) < 4.78 is 5.21. The molecule has 7 heteroatoms. The fourth-order valence-electron chi connectivity index (χ4n) is 1.59. The van der Waals surface area contributed by atoms with E-state index >= 15 is 0 Å². The van der Waals surface area contributed by atoms with Crippen LogP contribution in [-0.2, 0) is 5.75 Å². The van der Waals surface area contributed by atoms with E-state index in [0.29, 0.717) is 16.5 Å². The molecule has 0 spiro atoms. The minimum Gasteiger partial charge on any atom is -0.496 e. The Morgan fingerprint density at radius 3 is 2.80 bits per heavy atom. The number of methoxy groups -OCH3 is 1. The highest BCUT2D eigenvalue weighted by Crippen LogP contribution is 2.30. The number of nitrogens with zero attached hydrogens (tertiary/aromatic N) is 2. The Hall–Kier alpha value is -1.79.